The van der Waals surface area contributed by atoms with E-state index < -0.39 is 0 Å². The van der Waals surface area contributed by atoms with Crippen LogP contribution in [0.15, 0.2) is 24.3 Å². The van der Waals surface area contributed by atoms with E-state index in [1.807, 2.05) is 7.05 Å². The molecule has 0 spiro atoms. The van der Waals surface area contributed by atoms with Crippen LogP contribution in [0.1, 0.15) is 36.8 Å². The number of nitrogens with zero attached hydrogens (tertiary/aromatic N) is 1. The zero-order chi connectivity index (χ0) is 13.3. The Hall–Kier alpha value is -1.35. The van der Waals surface area contributed by atoms with Crippen molar-refractivity contribution in [3.63, 3.8) is 0 Å². The normalized spacial score (nSPS) is 20.6. The summed E-state index contributed by atoms with van der Waals surface area (Å²) in [6, 6.07) is 8.54. The van der Waals surface area contributed by atoms with Gasteiger partial charge in [0.1, 0.15) is 0 Å². The van der Waals surface area contributed by atoms with Crippen LogP contribution in [0, 0.1) is 0 Å². The second kappa shape index (κ2) is 4.97. The molecule has 0 unspecified atom stereocenters. The molecule has 1 amide bonds. The van der Waals surface area contributed by atoms with E-state index in [1.165, 1.54) is 24.0 Å². The highest BCUT2D eigenvalue weighted by Gasteiger charge is 2.53. The quantitative estimate of drug-likeness (QED) is 0.896. The van der Waals surface area contributed by atoms with E-state index in [1.54, 1.807) is 0 Å². The van der Waals surface area contributed by atoms with Crippen molar-refractivity contribution >= 4 is 5.91 Å². The molecule has 3 heteroatoms. The molecule has 1 aromatic carbocycles. The molecule has 3 rings (SSSR count). The predicted octanol–water partition coefficient (Wildman–Crippen LogP) is 2.06. The maximum atomic E-state index is 12.7. The fourth-order valence-corrected chi connectivity index (χ4v) is 3.16. The SMILES string of the molecule is CNCc1cccc(C2(C(=O)N3CCCC3)CC2)c1. The van der Waals surface area contributed by atoms with Crippen molar-refractivity contribution < 1.29 is 4.79 Å². The second-order valence-corrected chi connectivity index (χ2v) is 5.81. The van der Waals surface area contributed by atoms with Crippen molar-refractivity contribution in [1.29, 1.82) is 0 Å². The topological polar surface area (TPSA) is 32.3 Å². The first kappa shape index (κ1) is 12.7. The Bertz CT molecular complexity index is 473. The number of amides is 1. The van der Waals surface area contributed by atoms with E-state index in [9.17, 15) is 4.79 Å². The number of carbonyl (C=O) groups is 1. The van der Waals surface area contributed by atoms with Gasteiger partial charge in [-0.3, -0.25) is 4.79 Å². The number of hydrogen-bond donors (Lipinski definition) is 1. The molecule has 0 radical (unpaired) electrons. The van der Waals surface area contributed by atoms with E-state index >= 15 is 0 Å². The van der Waals surface area contributed by atoms with Gasteiger partial charge in [-0.05, 0) is 43.9 Å². The maximum absolute atomic E-state index is 12.7. The molecule has 19 heavy (non-hydrogen) atoms. The predicted molar refractivity (Wildman–Crippen MR) is 75.9 cm³/mol. The highest BCUT2D eigenvalue weighted by Crippen LogP contribution is 2.50. The van der Waals surface area contributed by atoms with E-state index in [-0.39, 0.29) is 5.41 Å². The molecule has 102 valence electrons. The molecule has 0 aromatic heterocycles. The number of hydrogen-bond acceptors (Lipinski definition) is 2. The molecule has 1 heterocycles. The third-order valence-electron chi connectivity index (χ3n) is 4.41. The first-order chi connectivity index (χ1) is 9.26. The zero-order valence-electron chi connectivity index (χ0n) is 11.6. The van der Waals surface area contributed by atoms with Gasteiger partial charge in [0.2, 0.25) is 5.91 Å². The second-order valence-electron chi connectivity index (χ2n) is 5.81. The highest BCUT2D eigenvalue weighted by atomic mass is 16.2. The van der Waals surface area contributed by atoms with Crippen molar-refractivity contribution in [3.8, 4) is 0 Å². The summed E-state index contributed by atoms with van der Waals surface area (Å²) in [5.74, 6) is 0.367. The summed E-state index contributed by atoms with van der Waals surface area (Å²) < 4.78 is 0. The lowest BCUT2D eigenvalue weighted by Gasteiger charge is -2.23. The maximum Gasteiger partial charge on any atom is 0.233 e. The molecule has 2 aliphatic rings. The Morgan fingerprint density at radius 2 is 2.05 bits per heavy atom. The van der Waals surface area contributed by atoms with Crippen LogP contribution in [0.2, 0.25) is 0 Å². The van der Waals surface area contributed by atoms with Crippen molar-refractivity contribution in [2.24, 2.45) is 0 Å². The summed E-state index contributed by atoms with van der Waals surface area (Å²) in [4.78, 5) is 14.8. The molecule has 1 saturated heterocycles. The largest absolute Gasteiger partial charge is 0.342 e. The lowest BCUT2D eigenvalue weighted by Crippen LogP contribution is -2.37. The molecule has 1 aliphatic carbocycles. The van der Waals surface area contributed by atoms with Crippen molar-refractivity contribution in [3.05, 3.63) is 35.4 Å². The van der Waals surface area contributed by atoms with Gasteiger partial charge in [0, 0.05) is 19.6 Å². The van der Waals surface area contributed by atoms with Gasteiger partial charge in [-0.15, -0.1) is 0 Å². The van der Waals surface area contributed by atoms with Gasteiger partial charge in [-0.2, -0.15) is 0 Å². The van der Waals surface area contributed by atoms with Crippen LogP contribution in [0.5, 0.6) is 0 Å². The Morgan fingerprint density at radius 1 is 1.32 bits per heavy atom. The lowest BCUT2D eigenvalue weighted by molar-refractivity contribution is -0.132. The van der Waals surface area contributed by atoms with E-state index in [2.05, 4.69) is 34.5 Å². The van der Waals surface area contributed by atoms with Crippen LogP contribution < -0.4 is 5.32 Å². The lowest BCUT2D eigenvalue weighted by atomic mass is 9.93. The highest BCUT2D eigenvalue weighted by molar-refractivity contribution is 5.91. The van der Waals surface area contributed by atoms with Crippen LogP contribution in [-0.2, 0) is 16.8 Å². The molecular weight excluding hydrogens is 236 g/mol. The van der Waals surface area contributed by atoms with E-state index in [4.69, 9.17) is 0 Å². The third-order valence-corrected chi connectivity index (χ3v) is 4.41. The summed E-state index contributed by atoms with van der Waals surface area (Å²) in [6.07, 6.45) is 4.37. The fraction of sp³-hybridized carbons (Fsp3) is 0.562. The first-order valence-electron chi connectivity index (χ1n) is 7.30. The third kappa shape index (κ3) is 2.27. The molecule has 2 fully saturated rings. The van der Waals surface area contributed by atoms with E-state index in [0.717, 1.165) is 32.5 Å². The Labute approximate surface area is 115 Å². The molecule has 1 N–H and O–H groups in total. The van der Waals surface area contributed by atoms with Crippen LogP contribution in [0.3, 0.4) is 0 Å². The van der Waals surface area contributed by atoms with Crippen LogP contribution >= 0.6 is 0 Å². The van der Waals surface area contributed by atoms with Crippen LogP contribution in [-0.4, -0.2) is 30.9 Å². The number of rotatable bonds is 4. The first-order valence-corrected chi connectivity index (χ1v) is 7.30. The van der Waals surface area contributed by atoms with Gasteiger partial charge in [-0.1, -0.05) is 24.3 Å². The average molecular weight is 258 g/mol. The zero-order valence-corrected chi connectivity index (χ0v) is 11.6. The fourth-order valence-electron chi connectivity index (χ4n) is 3.16. The molecule has 1 aromatic rings. The molecule has 1 aliphatic heterocycles. The minimum absolute atomic E-state index is 0.186. The number of carbonyl (C=O) groups excluding carboxylic acids is 1. The van der Waals surface area contributed by atoms with Crippen LogP contribution in [0.25, 0.3) is 0 Å². The average Bonchev–Trinajstić information content (AvgIpc) is 3.06. The molecular formula is C16H22N2O. The van der Waals surface area contributed by atoms with Crippen molar-refractivity contribution in [2.75, 3.05) is 20.1 Å². The summed E-state index contributed by atoms with van der Waals surface area (Å²) in [5, 5.41) is 3.17. The summed E-state index contributed by atoms with van der Waals surface area (Å²) in [6.45, 7) is 2.77. The molecule has 3 nitrogen and oxygen atoms in total. The van der Waals surface area contributed by atoms with Crippen molar-refractivity contribution in [1.82, 2.24) is 10.2 Å². The van der Waals surface area contributed by atoms with Gasteiger partial charge in [0.05, 0.1) is 5.41 Å². The van der Waals surface area contributed by atoms with Gasteiger partial charge in [-0.25, -0.2) is 0 Å². The minimum atomic E-state index is -0.186. The number of benzene rings is 1. The summed E-state index contributed by atoms with van der Waals surface area (Å²) in [7, 11) is 1.95. The summed E-state index contributed by atoms with van der Waals surface area (Å²) in [5.41, 5.74) is 2.30. The van der Waals surface area contributed by atoms with Gasteiger partial charge >= 0.3 is 0 Å². The van der Waals surface area contributed by atoms with Gasteiger partial charge in [0.15, 0.2) is 0 Å². The Kier molecular flexibility index (Phi) is 3.31. The Balaban J connectivity index is 1.83. The van der Waals surface area contributed by atoms with Gasteiger partial charge < -0.3 is 10.2 Å². The minimum Gasteiger partial charge on any atom is -0.342 e. The van der Waals surface area contributed by atoms with E-state index in [0.29, 0.717) is 5.91 Å². The van der Waals surface area contributed by atoms with Crippen molar-refractivity contribution in [2.45, 2.75) is 37.6 Å². The molecule has 1 saturated carbocycles. The van der Waals surface area contributed by atoms with Crippen LogP contribution in [0.4, 0.5) is 0 Å². The summed E-state index contributed by atoms with van der Waals surface area (Å²) >= 11 is 0. The van der Waals surface area contributed by atoms with Gasteiger partial charge in [0.25, 0.3) is 0 Å². The molecule has 0 atom stereocenters. The monoisotopic (exact) mass is 258 g/mol. The Morgan fingerprint density at radius 3 is 2.68 bits per heavy atom. The number of likely N-dealkylation sites (tertiary alicyclic amines) is 1. The number of nitrogens with one attached hydrogen (secondary N) is 1. The smallest absolute Gasteiger partial charge is 0.233 e. The molecule has 0 bridgehead atoms. The standard InChI is InChI=1S/C16H22N2O/c1-17-12-13-5-4-6-14(11-13)16(7-8-16)15(19)18-9-2-3-10-18/h4-6,11,17H,2-3,7-10,12H2,1H3.